The number of fused-ring (bicyclic) bond motifs is 2. The van der Waals surface area contributed by atoms with E-state index in [9.17, 15) is 0 Å². The van der Waals surface area contributed by atoms with Crippen molar-refractivity contribution >= 4 is 22.1 Å². The SMILES string of the molecule is Cc1ccc(C)c(-c2c(-c3cc(C)ccc3C)n(-c3ncnc4c3ncn4Cc3ccccc3)c3ccccc23)c1. The van der Waals surface area contributed by atoms with Gasteiger partial charge in [0, 0.05) is 16.5 Å². The number of benzene rings is 4. The highest BCUT2D eigenvalue weighted by Crippen LogP contribution is 2.45. The van der Waals surface area contributed by atoms with Crippen LogP contribution in [0.3, 0.4) is 0 Å². The summed E-state index contributed by atoms with van der Waals surface area (Å²) in [6.45, 7) is 9.39. The first kappa shape index (κ1) is 25.0. The van der Waals surface area contributed by atoms with Crippen LogP contribution in [0.1, 0.15) is 27.8 Å². The van der Waals surface area contributed by atoms with Crippen molar-refractivity contribution in [1.29, 1.82) is 0 Å². The first-order valence-corrected chi connectivity index (χ1v) is 14.0. The molecule has 3 heterocycles. The summed E-state index contributed by atoms with van der Waals surface area (Å²) in [6.07, 6.45) is 3.55. The lowest BCUT2D eigenvalue weighted by atomic mass is 9.92. The summed E-state index contributed by atoms with van der Waals surface area (Å²) in [5, 5.41) is 1.19. The molecular formula is C36H31N5. The maximum atomic E-state index is 4.91. The van der Waals surface area contributed by atoms with Crippen LogP contribution >= 0.6 is 0 Å². The van der Waals surface area contributed by atoms with Crippen LogP contribution in [0.25, 0.3) is 50.3 Å². The number of para-hydroxylation sites is 1. The molecule has 3 aromatic heterocycles. The molecular weight excluding hydrogens is 502 g/mol. The summed E-state index contributed by atoms with van der Waals surface area (Å²) in [5.74, 6) is 0.783. The summed E-state index contributed by atoms with van der Waals surface area (Å²) in [5.41, 5.74) is 13.6. The zero-order valence-electron chi connectivity index (χ0n) is 23.8. The molecule has 0 saturated heterocycles. The summed E-state index contributed by atoms with van der Waals surface area (Å²) in [6, 6.07) is 32.4. The van der Waals surface area contributed by atoms with Crippen LogP contribution in [-0.2, 0) is 6.54 Å². The lowest BCUT2D eigenvalue weighted by Crippen LogP contribution is -2.05. The third kappa shape index (κ3) is 4.21. The minimum atomic E-state index is 0.692. The number of nitrogens with zero attached hydrogens (tertiary/aromatic N) is 5. The molecule has 0 saturated carbocycles. The fraction of sp³-hybridized carbons (Fsp3) is 0.139. The molecule has 0 bridgehead atoms. The quantitative estimate of drug-likeness (QED) is 0.223. The van der Waals surface area contributed by atoms with Crippen molar-refractivity contribution in [3.8, 4) is 28.2 Å². The highest BCUT2D eigenvalue weighted by atomic mass is 15.2. The monoisotopic (exact) mass is 533 g/mol. The molecule has 41 heavy (non-hydrogen) atoms. The molecule has 200 valence electrons. The maximum Gasteiger partial charge on any atom is 0.169 e. The Bertz CT molecular complexity index is 2060. The predicted molar refractivity (Wildman–Crippen MR) is 168 cm³/mol. The largest absolute Gasteiger partial charge is 0.311 e. The second-order valence-electron chi connectivity index (χ2n) is 10.9. The molecule has 0 N–H and O–H groups in total. The van der Waals surface area contributed by atoms with E-state index in [1.54, 1.807) is 6.33 Å². The predicted octanol–water partition coefficient (Wildman–Crippen LogP) is 8.39. The maximum absolute atomic E-state index is 4.91. The van der Waals surface area contributed by atoms with E-state index in [4.69, 9.17) is 15.0 Å². The molecule has 7 aromatic rings. The standard InChI is InChI=1S/C36H31N5/c1-23-14-16-25(3)29(18-23)32-28-12-8-9-13-31(28)41(34(32)30-19-24(2)15-17-26(30)4)36-33-35(37-21-38-36)40(22-39-33)20-27-10-6-5-7-11-27/h5-19,21-22H,20H2,1-4H3. The molecule has 0 radical (unpaired) electrons. The lowest BCUT2D eigenvalue weighted by Gasteiger charge is -2.16. The van der Waals surface area contributed by atoms with Crippen molar-refractivity contribution in [2.75, 3.05) is 0 Å². The average molecular weight is 534 g/mol. The summed E-state index contributed by atoms with van der Waals surface area (Å²) in [7, 11) is 0. The van der Waals surface area contributed by atoms with Gasteiger partial charge < -0.3 is 4.57 Å². The second-order valence-corrected chi connectivity index (χ2v) is 10.9. The van der Waals surface area contributed by atoms with Gasteiger partial charge in [-0.25, -0.2) is 15.0 Å². The van der Waals surface area contributed by atoms with Gasteiger partial charge in [-0.3, -0.25) is 4.57 Å². The molecule has 0 atom stereocenters. The number of hydrogen-bond acceptors (Lipinski definition) is 3. The molecule has 5 heteroatoms. The van der Waals surface area contributed by atoms with Crippen LogP contribution in [0, 0.1) is 27.7 Å². The summed E-state index contributed by atoms with van der Waals surface area (Å²) in [4.78, 5) is 14.5. The van der Waals surface area contributed by atoms with E-state index in [1.807, 2.05) is 12.4 Å². The van der Waals surface area contributed by atoms with Crippen LogP contribution < -0.4 is 0 Å². The van der Waals surface area contributed by atoms with Gasteiger partial charge in [0.15, 0.2) is 17.0 Å². The Morgan fingerprint density at radius 2 is 1.34 bits per heavy atom. The Balaban J connectivity index is 1.59. The summed E-state index contributed by atoms with van der Waals surface area (Å²) >= 11 is 0. The molecule has 0 unspecified atom stereocenters. The fourth-order valence-corrected chi connectivity index (χ4v) is 5.91. The molecule has 5 nitrogen and oxygen atoms in total. The smallest absolute Gasteiger partial charge is 0.169 e. The Morgan fingerprint density at radius 1 is 0.659 bits per heavy atom. The van der Waals surface area contributed by atoms with Crippen molar-refractivity contribution in [2.24, 2.45) is 0 Å². The molecule has 7 rings (SSSR count). The van der Waals surface area contributed by atoms with Crippen molar-refractivity contribution in [3.63, 3.8) is 0 Å². The third-order valence-electron chi connectivity index (χ3n) is 7.97. The van der Waals surface area contributed by atoms with E-state index >= 15 is 0 Å². The number of aromatic nitrogens is 5. The van der Waals surface area contributed by atoms with Gasteiger partial charge in [-0.2, -0.15) is 0 Å². The number of rotatable bonds is 5. The first-order valence-electron chi connectivity index (χ1n) is 14.0. The zero-order chi connectivity index (χ0) is 28.1. The van der Waals surface area contributed by atoms with E-state index in [0.29, 0.717) is 6.54 Å². The van der Waals surface area contributed by atoms with Crippen molar-refractivity contribution < 1.29 is 0 Å². The van der Waals surface area contributed by atoms with Gasteiger partial charge in [0.1, 0.15) is 6.33 Å². The Morgan fingerprint density at radius 3 is 2.12 bits per heavy atom. The van der Waals surface area contributed by atoms with Gasteiger partial charge in [0.05, 0.1) is 24.1 Å². The van der Waals surface area contributed by atoms with Gasteiger partial charge in [0.25, 0.3) is 0 Å². The minimum Gasteiger partial charge on any atom is -0.311 e. The van der Waals surface area contributed by atoms with Crippen molar-refractivity contribution in [1.82, 2.24) is 24.1 Å². The van der Waals surface area contributed by atoms with Gasteiger partial charge in [-0.1, -0.05) is 90.0 Å². The fourth-order valence-electron chi connectivity index (χ4n) is 5.91. The van der Waals surface area contributed by atoms with Gasteiger partial charge in [-0.05, 0) is 62.1 Å². The molecule has 0 amide bonds. The molecule has 0 aliphatic carbocycles. The first-order chi connectivity index (χ1) is 20.0. The van der Waals surface area contributed by atoms with Crippen LogP contribution in [-0.4, -0.2) is 24.1 Å². The molecule has 0 aliphatic heterocycles. The number of hydrogen-bond donors (Lipinski definition) is 0. The Labute approximate surface area is 239 Å². The van der Waals surface area contributed by atoms with Crippen LogP contribution in [0.2, 0.25) is 0 Å². The average Bonchev–Trinajstić information content (AvgIpc) is 3.55. The van der Waals surface area contributed by atoms with Gasteiger partial charge >= 0.3 is 0 Å². The Hall–Kier alpha value is -5.03. The van der Waals surface area contributed by atoms with E-state index in [1.165, 1.54) is 49.9 Å². The van der Waals surface area contributed by atoms with Gasteiger partial charge in [0.2, 0.25) is 0 Å². The van der Waals surface area contributed by atoms with Gasteiger partial charge in [-0.15, -0.1) is 0 Å². The van der Waals surface area contributed by atoms with Crippen LogP contribution in [0.5, 0.6) is 0 Å². The lowest BCUT2D eigenvalue weighted by molar-refractivity contribution is 0.813. The number of imidazole rings is 1. The number of aryl methyl sites for hydroxylation is 4. The topological polar surface area (TPSA) is 48.5 Å². The normalized spacial score (nSPS) is 11.5. The molecule has 0 aliphatic rings. The minimum absolute atomic E-state index is 0.692. The summed E-state index contributed by atoms with van der Waals surface area (Å²) < 4.78 is 4.41. The third-order valence-corrected chi connectivity index (χ3v) is 7.97. The molecule has 4 aromatic carbocycles. The van der Waals surface area contributed by atoms with E-state index in [0.717, 1.165) is 28.2 Å². The highest BCUT2D eigenvalue weighted by Gasteiger charge is 2.26. The van der Waals surface area contributed by atoms with E-state index < -0.39 is 0 Å². The second kappa shape index (κ2) is 9.86. The van der Waals surface area contributed by atoms with Crippen LogP contribution in [0.15, 0.2) is 104 Å². The van der Waals surface area contributed by atoms with E-state index in [2.05, 4.69) is 122 Å². The van der Waals surface area contributed by atoms with Crippen molar-refractivity contribution in [2.45, 2.75) is 34.2 Å². The zero-order valence-corrected chi connectivity index (χ0v) is 23.8. The molecule has 0 fully saturated rings. The molecule has 0 spiro atoms. The van der Waals surface area contributed by atoms with E-state index in [-0.39, 0.29) is 0 Å². The Kier molecular flexibility index (Phi) is 6.01. The highest BCUT2D eigenvalue weighted by molar-refractivity contribution is 6.07. The van der Waals surface area contributed by atoms with Crippen molar-refractivity contribution in [3.05, 3.63) is 131 Å². The van der Waals surface area contributed by atoms with Crippen LogP contribution in [0.4, 0.5) is 0 Å².